The van der Waals surface area contributed by atoms with Crippen LogP contribution in [0.15, 0.2) is 54.7 Å². The molecule has 0 aliphatic carbocycles. The van der Waals surface area contributed by atoms with Crippen molar-refractivity contribution in [3.63, 3.8) is 0 Å². The number of pyridine rings is 1. The lowest BCUT2D eigenvalue weighted by molar-refractivity contribution is 0.416. The van der Waals surface area contributed by atoms with Crippen LogP contribution in [-0.2, 0) is 13.0 Å². The Kier molecular flexibility index (Phi) is 4.58. The molecule has 0 saturated heterocycles. The summed E-state index contributed by atoms with van der Waals surface area (Å²) in [4.78, 5) is 4.73. The molecule has 4 aromatic rings. The van der Waals surface area contributed by atoms with Gasteiger partial charge in [-0.15, -0.1) is 5.10 Å². The standard InChI is InChI=1S/C22H20ClN5O/c1-29-20-12-16(23)5-7-18(20)19-3-2-10-28-21(19)26-22(27-28)25-17-6-4-15-13-24-9-8-14(15)11-17/h2-7,10-12,24H,8-9,13H2,1H3,(H,25,27). The number of fused-ring (bicyclic) bond motifs is 2. The molecule has 0 bridgehead atoms. The quantitative estimate of drug-likeness (QED) is 0.525. The molecule has 0 saturated carbocycles. The highest BCUT2D eigenvalue weighted by molar-refractivity contribution is 6.30. The van der Waals surface area contributed by atoms with Crippen molar-refractivity contribution in [2.75, 3.05) is 19.0 Å². The van der Waals surface area contributed by atoms with Gasteiger partial charge in [0.25, 0.3) is 0 Å². The molecule has 29 heavy (non-hydrogen) atoms. The number of nitrogens with one attached hydrogen (secondary N) is 2. The Morgan fingerprint density at radius 1 is 1.10 bits per heavy atom. The third kappa shape index (κ3) is 3.41. The lowest BCUT2D eigenvalue weighted by atomic mass is 10.0. The summed E-state index contributed by atoms with van der Waals surface area (Å²) < 4.78 is 7.29. The van der Waals surface area contributed by atoms with Crippen molar-refractivity contribution < 1.29 is 4.74 Å². The summed E-state index contributed by atoms with van der Waals surface area (Å²) in [6, 6.07) is 16.0. The Balaban J connectivity index is 1.52. The van der Waals surface area contributed by atoms with Crippen molar-refractivity contribution in [1.29, 1.82) is 0 Å². The SMILES string of the molecule is COc1cc(Cl)ccc1-c1cccn2nc(Nc3ccc4c(c3)CCNC4)nc12. The second-order valence-corrected chi connectivity index (χ2v) is 7.44. The second-order valence-electron chi connectivity index (χ2n) is 7.01. The maximum absolute atomic E-state index is 6.12. The number of rotatable bonds is 4. The summed E-state index contributed by atoms with van der Waals surface area (Å²) in [5.41, 5.74) is 6.30. The first kappa shape index (κ1) is 18.0. The summed E-state index contributed by atoms with van der Waals surface area (Å²) in [6.45, 7) is 1.93. The number of methoxy groups -OCH3 is 1. The predicted molar refractivity (Wildman–Crippen MR) is 115 cm³/mol. The van der Waals surface area contributed by atoms with Gasteiger partial charge in [-0.05, 0) is 66.6 Å². The van der Waals surface area contributed by atoms with Gasteiger partial charge in [-0.1, -0.05) is 17.7 Å². The first-order valence-electron chi connectivity index (χ1n) is 9.50. The zero-order valence-electron chi connectivity index (χ0n) is 15.9. The molecule has 1 aliphatic rings. The molecule has 2 aromatic carbocycles. The van der Waals surface area contributed by atoms with Gasteiger partial charge in [0.15, 0.2) is 5.65 Å². The van der Waals surface area contributed by atoms with Gasteiger partial charge < -0.3 is 15.4 Å². The van der Waals surface area contributed by atoms with Crippen LogP contribution in [0.1, 0.15) is 11.1 Å². The van der Waals surface area contributed by atoms with Crippen LogP contribution in [0.5, 0.6) is 5.75 Å². The van der Waals surface area contributed by atoms with E-state index in [1.54, 1.807) is 17.7 Å². The topological polar surface area (TPSA) is 63.5 Å². The Hall–Kier alpha value is -3.09. The monoisotopic (exact) mass is 405 g/mol. The third-order valence-electron chi connectivity index (χ3n) is 5.17. The zero-order chi connectivity index (χ0) is 19.8. The van der Waals surface area contributed by atoms with Gasteiger partial charge >= 0.3 is 0 Å². The van der Waals surface area contributed by atoms with E-state index in [4.69, 9.17) is 21.3 Å². The molecule has 2 N–H and O–H groups in total. The molecular weight excluding hydrogens is 386 g/mol. The van der Waals surface area contributed by atoms with Crippen LogP contribution in [-0.4, -0.2) is 28.3 Å². The molecule has 0 spiro atoms. The summed E-state index contributed by atoms with van der Waals surface area (Å²) in [6.07, 6.45) is 2.92. The number of ether oxygens (including phenoxy) is 1. The van der Waals surface area contributed by atoms with E-state index in [0.29, 0.717) is 16.7 Å². The van der Waals surface area contributed by atoms with Crippen molar-refractivity contribution in [1.82, 2.24) is 19.9 Å². The van der Waals surface area contributed by atoms with Gasteiger partial charge in [0.1, 0.15) is 5.75 Å². The minimum Gasteiger partial charge on any atom is -0.496 e. The Labute approximate surface area is 173 Å². The van der Waals surface area contributed by atoms with Crippen LogP contribution >= 0.6 is 11.6 Å². The van der Waals surface area contributed by atoms with Crippen molar-refractivity contribution in [3.05, 3.63) is 70.9 Å². The number of halogens is 1. The van der Waals surface area contributed by atoms with Crippen molar-refractivity contribution in [3.8, 4) is 16.9 Å². The summed E-state index contributed by atoms with van der Waals surface area (Å²) in [7, 11) is 1.64. The van der Waals surface area contributed by atoms with Crippen LogP contribution in [0.2, 0.25) is 5.02 Å². The number of anilines is 2. The van der Waals surface area contributed by atoms with Crippen LogP contribution in [0.4, 0.5) is 11.6 Å². The van der Waals surface area contributed by atoms with Gasteiger partial charge in [0.05, 0.1) is 7.11 Å². The smallest absolute Gasteiger partial charge is 0.247 e. The molecular formula is C22H20ClN5O. The Morgan fingerprint density at radius 2 is 2.03 bits per heavy atom. The fraction of sp³-hybridized carbons (Fsp3) is 0.182. The molecule has 0 amide bonds. The third-order valence-corrected chi connectivity index (χ3v) is 5.40. The van der Waals surface area contributed by atoms with Crippen LogP contribution in [0.3, 0.4) is 0 Å². The minimum absolute atomic E-state index is 0.555. The molecule has 0 unspecified atom stereocenters. The van der Waals surface area contributed by atoms with E-state index in [1.807, 2.05) is 30.5 Å². The highest BCUT2D eigenvalue weighted by Gasteiger charge is 2.15. The summed E-state index contributed by atoms with van der Waals surface area (Å²) >= 11 is 6.12. The van der Waals surface area contributed by atoms with Crippen LogP contribution in [0, 0.1) is 0 Å². The summed E-state index contributed by atoms with van der Waals surface area (Å²) in [5, 5.41) is 12.0. The highest BCUT2D eigenvalue weighted by Crippen LogP contribution is 2.34. The van der Waals surface area contributed by atoms with Gasteiger partial charge in [0, 0.05) is 34.6 Å². The van der Waals surface area contributed by atoms with E-state index in [0.717, 1.165) is 42.0 Å². The minimum atomic E-state index is 0.555. The van der Waals surface area contributed by atoms with Gasteiger partial charge in [-0.2, -0.15) is 4.98 Å². The van der Waals surface area contributed by atoms with E-state index >= 15 is 0 Å². The van der Waals surface area contributed by atoms with Crippen molar-refractivity contribution in [2.45, 2.75) is 13.0 Å². The van der Waals surface area contributed by atoms with Gasteiger partial charge in [0.2, 0.25) is 5.95 Å². The maximum atomic E-state index is 6.12. The molecule has 6 nitrogen and oxygen atoms in total. The van der Waals surface area contributed by atoms with Crippen LogP contribution in [0.25, 0.3) is 16.8 Å². The average Bonchev–Trinajstić information content (AvgIpc) is 3.16. The number of hydrogen-bond acceptors (Lipinski definition) is 5. The van der Waals surface area contributed by atoms with Crippen molar-refractivity contribution in [2.24, 2.45) is 0 Å². The Morgan fingerprint density at radius 3 is 2.93 bits per heavy atom. The molecule has 7 heteroatoms. The number of benzene rings is 2. The average molecular weight is 406 g/mol. The predicted octanol–water partition coefficient (Wildman–Crippen LogP) is 4.45. The highest BCUT2D eigenvalue weighted by atomic mass is 35.5. The molecule has 0 atom stereocenters. The van der Waals surface area contributed by atoms with E-state index in [2.05, 4.69) is 33.9 Å². The molecule has 5 rings (SSSR count). The van der Waals surface area contributed by atoms with E-state index < -0.39 is 0 Å². The molecule has 1 aliphatic heterocycles. The van der Waals surface area contributed by atoms with Gasteiger partial charge in [-0.25, -0.2) is 4.52 Å². The second kappa shape index (κ2) is 7.39. The first-order chi connectivity index (χ1) is 14.2. The van der Waals surface area contributed by atoms with Crippen LogP contribution < -0.4 is 15.4 Å². The van der Waals surface area contributed by atoms with E-state index in [1.165, 1.54) is 11.1 Å². The van der Waals surface area contributed by atoms with E-state index in [9.17, 15) is 0 Å². The lowest BCUT2D eigenvalue weighted by Crippen LogP contribution is -2.23. The largest absolute Gasteiger partial charge is 0.496 e. The maximum Gasteiger partial charge on any atom is 0.247 e. The van der Waals surface area contributed by atoms with E-state index in [-0.39, 0.29) is 0 Å². The molecule has 0 radical (unpaired) electrons. The van der Waals surface area contributed by atoms with Gasteiger partial charge in [-0.3, -0.25) is 0 Å². The fourth-order valence-corrected chi connectivity index (χ4v) is 3.90. The number of aromatic nitrogens is 3. The van der Waals surface area contributed by atoms with Crippen molar-refractivity contribution >= 4 is 28.9 Å². The molecule has 3 heterocycles. The molecule has 2 aromatic heterocycles. The number of nitrogens with zero attached hydrogens (tertiary/aromatic N) is 3. The molecule has 146 valence electrons. The zero-order valence-corrected chi connectivity index (χ0v) is 16.7. The first-order valence-corrected chi connectivity index (χ1v) is 9.88. The Bertz CT molecular complexity index is 1200. The fourth-order valence-electron chi connectivity index (χ4n) is 3.74. The molecule has 0 fully saturated rings. The number of hydrogen-bond donors (Lipinski definition) is 2. The normalized spacial score (nSPS) is 13.3. The summed E-state index contributed by atoms with van der Waals surface area (Å²) in [5.74, 6) is 1.26. The lowest BCUT2D eigenvalue weighted by Gasteiger charge is -2.17.